The van der Waals surface area contributed by atoms with Crippen molar-refractivity contribution in [3.8, 4) is 0 Å². The van der Waals surface area contributed by atoms with Crippen LogP contribution in [-0.4, -0.2) is 99.3 Å². The monoisotopic (exact) mass is 1420 g/mol. The zero-order valence-electron chi connectivity index (χ0n) is 52.4. The van der Waals surface area contributed by atoms with Gasteiger partial charge in [0.15, 0.2) is 10.1 Å². The van der Waals surface area contributed by atoms with Gasteiger partial charge < -0.3 is 25.6 Å². The van der Waals surface area contributed by atoms with Gasteiger partial charge in [-0.25, -0.2) is 34.2 Å². The van der Waals surface area contributed by atoms with Crippen molar-refractivity contribution < 1.29 is 36.0 Å². The van der Waals surface area contributed by atoms with Crippen LogP contribution in [0.5, 0.6) is 0 Å². The van der Waals surface area contributed by atoms with Crippen LogP contribution in [0, 0.1) is 11.8 Å². The molecule has 0 saturated carbocycles. The Morgan fingerprint density at radius 2 is 1.08 bits per heavy atom. The lowest BCUT2D eigenvalue weighted by molar-refractivity contribution is 0.0130. The summed E-state index contributed by atoms with van der Waals surface area (Å²) < 4.78 is 63.3. The molecule has 20 nitrogen and oxygen atoms in total. The Hall–Kier alpha value is -5.89. The van der Waals surface area contributed by atoms with Crippen LogP contribution in [0.2, 0.25) is 10.3 Å². The molecule has 0 aliphatic carbocycles. The van der Waals surface area contributed by atoms with Gasteiger partial charge in [0.1, 0.15) is 36.7 Å². The van der Waals surface area contributed by atoms with Crippen LogP contribution in [0.3, 0.4) is 0 Å². The van der Waals surface area contributed by atoms with Gasteiger partial charge in [0.05, 0.1) is 34.6 Å². The van der Waals surface area contributed by atoms with Crippen LogP contribution in [0.4, 0.5) is 16.4 Å². The molecule has 2 aliphatic heterocycles. The number of nitrogens with one attached hydrogen (secondary N) is 5. The topological polar surface area (TPSA) is 269 Å². The number of sulfonamides is 2. The SMILES string of the molecule is CC(C)(C)OC(=O)N1C[C@@H](CCC(Nc2cccc(S(=O)(=O)NC(=O)c3ccc(Br)nc3Cl)n2)c2cc(C(C)(C)C)ccn2)CC1(C)C.CC1(C)C[C@@H](CCC(Nc2cccc(S(=O)(=O)NC(=O)c3ccc(Br)nc3Cl)n2)c2cc(C(C)(C)C)ccn2)CN1. The van der Waals surface area contributed by atoms with Crippen molar-refractivity contribution in [2.45, 2.75) is 178 Å². The summed E-state index contributed by atoms with van der Waals surface area (Å²) in [4.78, 5) is 66.3. The van der Waals surface area contributed by atoms with Crippen molar-refractivity contribution in [1.29, 1.82) is 0 Å². The summed E-state index contributed by atoms with van der Waals surface area (Å²) in [6.07, 6.45) is 8.30. The Balaban J connectivity index is 0.000000257. The summed E-state index contributed by atoms with van der Waals surface area (Å²) in [5, 5.41) is 9.50. The molecular formula is C63H80Br2Cl2N12O8S2. The molecule has 0 spiro atoms. The highest BCUT2D eigenvalue weighted by molar-refractivity contribution is 9.10. The van der Waals surface area contributed by atoms with Gasteiger partial charge in [0, 0.05) is 30.0 Å². The summed E-state index contributed by atoms with van der Waals surface area (Å²) in [5.74, 6) is -0.442. The number of rotatable bonds is 18. The number of hydrogen-bond acceptors (Lipinski definition) is 17. The normalized spacial score (nSPS) is 17.4. The number of anilines is 2. The van der Waals surface area contributed by atoms with E-state index in [1.165, 1.54) is 36.4 Å². The molecule has 480 valence electrons. The number of carbonyl (C=O) groups excluding carboxylic acids is 3. The molecule has 6 aromatic rings. The lowest BCUT2D eigenvalue weighted by Gasteiger charge is -2.33. The molecule has 89 heavy (non-hydrogen) atoms. The number of likely N-dealkylation sites (tertiary alicyclic amines) is 1. The predicted molar refractivity (Wildman–Crippen MR) is 354 cm³/mol. The van der Waals surface area contributed by atoms with Crippen molar-refractivity contribution in [2.75, 3.05) is 23.7 Å². The molecule has 26 heteroatoms. The molecule has 0 radical (unpaired) electrons. The summed E-state index contributed by atoms with van der Waals surface area (Å²) in [6.45, 7) is 28.5. The first-order valence-electron chi connectivity index (χ1n) is 29.2. The minimum atomic E-state index is -4.36. The molecule has 6 aromatic heterocycles. The zero-order chi connectivity index (χ0) is 65.7. The third kappa shape index (κ3) is 19.8. The highest BCUT2D eigenvalue weighted by Crippen LogP contribution is 2.39. The van der Waals surface area contributed by atoms with E-state index >= 15 is 0 Å². The molecule has 5 N–H and O–H groups in total. The summed E-state index contributed by atoms with van der Waals surface area (Å²) >= 11 is 18.4. The minimum absolute atomic E-state index is 0.0562. The number of aromatic nitrogens is 6. The first kappa shape index (κ1) is 70.6. The summed E-state index contributed by atoms with van der Waals surface area (Å²) in [7, 11) is -8.66. The fourth-order valence-electron chi connectivity index (χ4n) is 10.6. The van der Waals surface area contributed by atoms with Crippen LogP contribution in [0.15, 0.2) is 117 Å². The standard InChI is InChI=1S/C34H44BrClN6O5S.C29H36BrClN6O3S/c1-32(2,3)22-16-17-37-25(18-22)24(14-12-21-19-34(7,8)42(20-21)31(44)47-33(4,5)6)38-27-10-9-11-28(40-27)48(45,46)41-30(43)23-13-15-26(35)39-29(23)36;1-28(2,3)19-13-14-32-22(15-19)21(11-9-18-16-29(4,5)33-17-18)34-24-7-6-8-25(36-24)41(39,40)37-27(38)20-10-12-23(30)35-26(20)31/h9-11,13,15-18,21,24H,12,14,19-20H2,1-8H3,(H,38,40)(H,41,43);6-8,10,12-15,18,21,33H,9,11,16-17H2,1-5H3,(H,34,36)(H,37,38)/t21-,24?;18-,21?/m01/s1. The lowest BCUT2D eigenvalue weighted by atomic mass is 9.86. The van der Waals surface area contributed by atoms with E-state index in [9.17, 15) is 31.2 Å². The van der Waals surface area contributed by atoms with Crippen LogP contribution >= 0.6 is 55.1 Å². The minimum Gasteiger partial charge on any atom is -0.444 e. The van der Waals surface area contributed by atoms with E-state index in [2.05, 4.69) is 154 Å². The number of hydrogen-bond donors (Lipinski definition) is 5. The van der Waals surface area contributed by atoms with Gasteiger partial charge in [-0.3, -0.25) is 19.6 Å². The van der Waals surface area contributed by atoms with Crippen LogP contribution in [0.25, 0.3) is 0 Å². The second-order valence-corrected chi connectivity index (χ2v) is 32.4. The van der Waals surface area contributed by atoms with E-state index in [4.69, 9.17) is 32.9 Å². The number of ether oxygens (including phenoxy) is 1. The van der Waals surface area contributed by atoms with Crippen molar-refractivity contribution in [1.82, 2.24) is 49.6 Å². The highest BCUT2D eigenvalue weighted by atomic mass is 79.9. The quantitative estimate of drug-likeness (QED) is 0.0501. The Morgan fingerprint density at radius 1 is 0.640 bits per heavy atom. The molecule has 4 atom stereocenters. The van der Waals surface area contributed by atoms with Gasteiger partial charge in [-0.05, 0) is 232 Å². The molecule has 0 bridgehead atoms. The van der Waals surface area contributed by atoms with E-state index < -0.39 is 37.5 Å². The zero-order valence-corrected chi connectivity index (χ0v) is 58.7. The maximum Gasteiger partial charge on any atom is 0.410 e. The van der Waals surface area contributed by atoms with E-state index in [0.29, 0.717) is 39.7 Å². The van der Waals surface area contributed by atoms with Crippen LogP contribution in [-0.2, 0) is 35.6 Å². The van der Waals surface area contributed by atoms with Crippen molar-refractivity contribution in [2.24, 2.45) is 11.8 Å². The Bertz CT molecular complexity index is 3790. The molecule has 2 unspecified atom stereocenters. The van der Waals surface area contributed by atoms with E-state index in [1.54, 1.807) is 30.5 Å². The average Bonchev–Trinajstić information content (AvgIpc) is 2.09. The molecule has 0 aromatic carbocycles. The third-order valence-electron chi connectivity index (χ3n) is 15.2. The Labute approximate surface area is 550 Å². The van der Waals surface area contributed by atoms with Gasteiger partial charge in [0.2, 0.25) is 0 Å². The number of carbonyl (C=O) groups is 3. The second kappa shape index (κ2) is 28.3. The fourth-order valence-corrected chi connectivity index (χ4v) is 13.8. The molecule has 2 fully saturated rings. The third-order valence-corrected chi connectivity index (χ3v) is 19.1. The maximum absolute atomic E-state index is 13.2. The Kier molecular flexibility index (Phi) is 22.5. The maximum atomic E-state index is 13.2. The molecule has 2 aliphatic rings. The van der Waals surface area contributed by atoms with Crippen molar-refractivity contribution in [3.63, 3.8) is 0 Å². The number of amides is 3. The van der Waals surface area contributed by atoms with E-state index in [0.717, 1.165) is 61.2 Å². The highest BCUT2D eigenvalue weighted by Gasteiger charge is 2.43. The number of pyridine rings is 6. The molecular weight excluding hydrogens is 1350 g/mol. The summed E-state index contributed by atoms with van der Waals surface area (Å²) in [5.41, 5.74) is 2.72. The van der Waals surface area contributed by atoms with Crippen molar-refractivity contribution in [3.05, 3.63) is 150 Å². The van der Waals surface area contributed by atoms with E-state index in [1.807, 2.05) is 53.4 Å². The molecule has 8 rings (SSSR count). The number of halogens is 4. The van der Waals surface area contributed by atoms with Gasteiger partial charge in [-0.2, -0.15) is 16.8 Å². The molecule has 8 heterocycles. The molecule has 2 saturated heterocycles. The first-order chi connectivity index (χ1) is 41.3. The largest absolute Gasteiger partial charge is 0.444 e. The smallest absolute Gasteiger partial charge is 0.410 e. The Morgan fingerprint density at radius 3 is 1.47 bits per heavy atom. The van der Waals surface area contributed by atoms with Crippen molar-refractivity contribution >= 4 is 105 Å². The average molecular weight is 1430 g/mol. The predicted octanol–water partition coefficient (Wildman–Crippen LogP) is 13.7. The number of nitrogens with zero attached hydrogens (tertiary/aromatic N) is 7. The lowest BCUT2D eigenvalue weighted by Crippen LogP contribution is -2.45. The first-order valence-corrected chi connectivity index (χ1v) is 34.5. The second-order valence-electron chi connectivity index (χ2n) is 26.8. The van der Waals surface area contributed by atoms with Crippen LogP contribution in [0.1, 0.15) is 184 Å². The summed E-state index contributed by atoms with van der Waals surface area (Å²) in [6, 6.07) is 22.5. The molecule has 3 amide bonds. The van der Waals surface area contributed by atoms with Gasteiger partial charge >= 0.3 is 6.09 Å². The van der Waals surface area contributed by atoms with Gasteiger partial charge in [0.25, 0.3) is 31.9 Å². The van der Waals surface area contributed by atoms with E-state index in [-0.39, 0.29) is 77.5 Å². The van der Waals surface area contributed by atoms with Gasteiger partial charge in [-0.1, -0.05) is 76.9 Å². The fraction of sp³-hybridized carbons (Fsp3) is 0.476. The van der Waals surface area contributed by atoms with Gasteiger partial charge in [-0.15, -0.1) is 0 Å². The van der Waals surface area contributed by atoms with Crippen LogP contribution < -0.4 is 25.4 Å².